The molecule has 4 heteroatoms. The van der Waals surface area contributed by atoms with Crippen LogP contribution in [0, 0.1) is 32.4 Å². The second kappa shape index (κ2) is 6.26. The number of benzene rings is 2. The molecule has 0 unspecified atom stereocenters. The molecule has 0 spiro atoms. The molecule has 1 N–H and O–H groups in total. The van der Waals surface area contributed by atoms with Gasteiger partial charge in [-0.05, 0) is 55.5 Å². The van der Waals surface area contributed by atoms with Crippen molar-refractivity contribution in [3.05, 3.63) is 58.2 Å². The lowest BCUT2D eigenvalue weighted by Crippen LogP contribution is -2.06. The van der Waals surface area contributed by atoms with E-state index >= 15 is 0 Å². The molecule has 0 fully saturated rings. The van der Waals surface area contributed by atoms with Crippen LogP contribution < -0.4 is 0 Å². The molecule has 2 rings (SSSR count). The number of carboxylic acid groups (broad SMARTS) is 1. The Bertz CT molecular complexity index is 716. The Morgan fingerprint density at radius 2 is 1.64 bits per heavy atom. The van der Waals surface area contributed by atoms with Gasteiger partial charge in [0.2, 0.25) is 0 Å². The predicted molar refractivity (Wildman–Crippen MR) is 82.0 cm³/mol. The van der Waals surface area contributed by atoms with Crippen LogP contribution in [-0.2, 0) is 11.2 Å². The third-order valence-electron chi connectivity index (χ3n) is 3.81. The fourth-order valence-corrected chi connectivity index (χ4v) is 2.71. The van der Waals surface area contributed by atoms with E-state index in [4.69, 9.17) is 5.11 Å². The predicted octanol–water partition coefficient (Wildman–Crippen LogP) is 4.57. The van der Waals surface area contributed by atoms with Crippen LogP contribution in [0.4, 0.5) is 8.78 Å². The molecule has 0 saturated carbocycles. The van der Waals surface area contributed by atoms with E-state index in [0.29, 0.717) is 11.1 Å². The lowest BCUT2D eigenvalue weighted by molar-refractivity contribution is -0.136. The lowest BCUT2D eigenvalue weighted by Gasteiger charge is -2.15. The fourth-order valence-electron chi connectivity index (χ4n) is 2.71. The fraction of sp³-hybridized carbons (Fsp3) is 0.278. The van der Waals surface area contributed by atoms with Crippen molar-refractivity contribution in [2.45, 2.75) is 33.6 Å². The zero-order valence-electron chi connectivity index (χ0n) is 12.8. The highest BCUT2D eigenvalue weighted by molar-refractivity contribution is 5.73. The molecule has 2 aromatic rings. The lowest BCUT2D eigenvalue weighted by atomic mass is 9.91. The summed E-state index contributed by atoms with van der Waals surface area (Å²) < 4.78 is 29.0. The molecule has 0 amide bonds. The summed E-state index contributed by atoms with van der Waals surface area (Å²) in [7, 11) is 0. The zero-order chi connectivity index (χ0) is 16.4. The number of hydrogen-bond donors (Lipinski definition) is 1. The highest BCUT2D eigenvalue weighted by Crippen LogP contribution is 2.33. The van der Waals surface area contributed by atoms with E-state index in [-0.39, 0.29) is 18.4 Å². The molecule has 0 atom stereocenters. The van der Waals surface area contributed by atoms with Gasteiger partial charge in [0.1, 0.15) is 11.6 Å². The minimum atomic E-state index is -1.08. The zero-order valence-corrected chi connectivity index (χ0v) is 12.8. The number of aliphatic carboxylic acids is 1. The summed E-state index contributed by atoms with van der Waals surface area (Å²) in [4.78, 5) is 10.7. The smallest absolute Gasteiger partial charge is 0.303 e. The van der Waals surface area contributed by atoms with E-state index in [9.17, 15) is 13.6 Å². The van der Waals surface area contributed by atoms with Crippen molar-refractivity contribution >= 4 is 5.97 Å². The van der Waals surface area contributed by atoms with Crippen molar-refractivity contribution in [3.8, 4) is 11.1 Å². The summed E-state index contributed by atoms with van der Waals surface area (Å²) in [6, 6.07) is 7.12. The molecule has 0 aliphatic carbocycles. The molecule has 0 aliphatic heterocycles. The molecule has 0 aliphatic rings. The molecule has 0 bridgehead atoms. The molecule has 0 heterocycles. The van der Waals surface area contributed by atoms with Gasteiger partial charge in [-0.2, -0.15) is 0 Å². The van der Waals surface area contributed by atoms with Crippen molar-refractivity contribution in [1.29, 1.82) is 0 Å². The first-order valence-electron chi connectivity index (χ1n) is 7.08. The van der Waals surface area contributed by atoms with Gasteiger partial charge < -0.3 is 5.11 Å². The highest BCUT2D eigenvalue weighted by atomic mass is 19.1. The Morgan fingerprint density at radius 1 is 1.05 bits per heavy atom. The van der Waals surface area contributed by atoms with E-state index in [1.807, 2.05) is 32.0 Å². The van der Waals surface area contributed by atoms with Crippen LogP contribution in [0.15, 0.2) is 24.3 Å². The van der Waals surface area contributed by atoms with E-state index in [1.54, 1.807) is 6.92 Å². The van der Waals surface area contributed by atoms with E-state index in [1.165, 1.54) is 6.07 Å². The van der Waals surface area contributed by atoms with Gasteiger partial charge in [-0.15, -0.1) is 0 Å². The van der Waals surface area contributed by atoms with Crippen molar-refractivity contribution in [3.63, 3.8) is 0 Å². The van der Waals surface area contributed by atoms with Gasteiger partial charge in [0, 0.05) is 17.5 Å². The van der Waals surface area contributed by atoms with Crippen LogP contribution in [0.3, 0.4) is 0 Å². The largest absolute Gasteiger partial charge is 0.481 e. The van der Waals surface area contributed by atoms with Gasteiger partial charge in [0.15, 0.2) is 0 Å². The topological polar surface area (TPSA) is 37.3 Å². The molecule has 0 saturated heterocycles. The first-order chi connectivity index (χ1) is 10.3. The van der Waals surface area contributed by atoms with Crippen molar-refractivity contribution in [2.24, 2.45) is 0 Å². The Balaban J connectivity index is 2.65. The van der Waals surface area contributed by atoms with Crippen LogP contribution in [0.25, 0.3) is 11.1 Å². The number of hydrogen-bond acceptors (Lipinski definition) is 1. The molecule has 0 aromatic heterocycles. The Hall–Kier alpha value is -2.23. The Labute approximate surface area is 128 Å². The number of aryl methyl sites for hydroxylation is 3. The normalized spacial score (nSPS) is 10.8. The summed E-state index contributed by atoms with van der Waals surface area (Å²) in [6.45, 7) is 5.31. The summed E-state index contributed by atoms with van der Waals surface area (Å²) in [6.07, 6.45) is -0.462. The average molecular weight is 304 g/mol. The quantitative estimate of drug-likeness (QED) is 0.898. The summed E-state index contributed by atoms with van der Waals surface area (Å²) in [5.74, 6) is -2.40. The molecule has 2 nitrogen and oxygen atoms in total. The summed E-state index contributed by atoms with van der Waals surface area (Å²) in [5, 5.41) is 8.76. The second-order valence-electron chi connectivity index (χ2n) is 5.51. The Kier molecular flexibility index (Phi) is 4.59. The summed E-state index contributed by atoms with van der Waals surface area (Å²) in [5.41, 5.74) is 3.03. The number of halogens is 2. The van der Waals surface area contributed by atoms with Gasteiger partial charge in [0.05, 0.1) is 0 Å². The van der Waals surface area contributed by atoms with Crippen molar-refractivity contribution in [2.75, 3.05) is 0 Å². The van der Waals surface area contributed by atoms with Gasteiger partial charge >= 0.3 is 5.97 Å². The molecule has 116 valence electrons. The van der Waals surface area contributed by atoms with Crippen LogP contribution in [0.1, 0.15) is 28.7 Å². The maximum Gasteiger partial charge on any atom is 0.303 e. The molecular weight excluding hydrogens is 286 g/mol. The molecule has 22 heavy (non-hydrogen) atoms. The van der Waals surface area contributed by atoms with Crippen LogP contribution in [-0.4, -0.2) is 11.1 Å². The number of rotatable bonds is 4. The minimum Gasteiger partial charge on any atom is -0.481 e. The SMILES string of the molecule is Cc1cc(-c2c(C)cccc2C)c(F)c(CCC(=O)O)c1F. The first-order valence-corrected chi connectivity index (χ1v) is 7.08. The van der Waals surface area contributed by atoms with Crippen molar-refractivity contribution in [1.82, 2.24) is 0 Å². The third-order valence-corrected chi connectivity index (χ3v) is 3.81. The van der Waals surface area contributed by atoms with Gasteiger partial charge in [-0.25, -0.2) is 8.78 Å². The third kappa shape index (κ3) is 3.01. The monoisotopic (exact) mass is 304 g/mol. The van der Waals surface area contributed by atoms with Crippen LogP contribution in [0.5, 0.6) is 0 Å². The standard InChI is InChI=1S/C18H18F2O2/c1-10-5-4-6-11(2)16(10)14-9-12(3)17(19)13(18(14)20)7-8-15(21)22/h4-6,9H,7-8H2,1-3H3,(H,21,22). The van der Waals surface area contributed by atoms with E-state index < -0.39 is 17.6 Å². The highest BCUT2D eigenvalue weighted by Gasteiger charge is 2.20. The van der Waals surface area contributed by atoms with Crippen molar-refractivity contribution < 1.29 is 18.7 Å². The first kappa shape index (κ1) is 16.1. The van der Waals surface area contributed by atoms with E-state index in [0.717, 1.165) is 16.7 Å². The molecule has 0 radical (unpaired) electrons. The maximum atomic E-state index is 14.8. The van der Waals surface area contributed by atoms with Gasteiger partial charge in [0.25, 0.3) is 0 Å². The second-order valence-corrected chi connectivity index (χ2v) is 5.51. The number of carbonyl (C=O) groups is 1. The van der Waals surface area contributed by atoms with E-state index in [2.05, 4.69) is 0 Å². The summed E-state index contributed by atoms with van der Waals surface area (Å²) >= 11 is 0. The minimum absolute atomic E-state index is 0.153. The average Bonchev–Trinajstić information content (AvgIpc) is 2.43. The molecule has 2 aromatic carbocycles. The Morgan fingerprint density at radius 3 is 2.18 bits per heavy atom. The molecular formula is C18H18F2O2. The van der Waals surface area contributed by atoms with Crippen LogP contribution >= 0.6 is 0 Å². The van der Waals surface area contributed by atoms with Gasteiger partial charge in [-0.3, -0.25) is 4.79 Å². The maximum absolute atomic E-state index is 14.8. The van der Waals surface area contributed by atoms with Crippen LogP contribution in [0.2, 0.25) is 0 Å². The number of carboxylic acids is 1. The van der Waals surface area contributed by atoms with Gasteiger partial charge in [-0.1, -0.05) is 18.2 Å².